The zero-order valence-corrected chi connectivity index (χ0v) is 11.9. The van der Waals surface area contributed by atoms with Gasteiger partial charge in [0.1, 0.15) is 0 Å². The number of nitrogens with one attached hydrogen (secondary N) is 1. The molecule has 0 amide bonds. The van der Waals surface area contributed by atoms with E-state index in [1.54, 1.807) is 5.57 Å². The van der Waals surface area contributed by atoms with Crippen molar-refractivity contribution in [3.8, 4) is 0 Å². The Balaban J connectivity index is 2.12. The lowest BCUT2D eigenvalue weighted by Crippen LogP contribution is -2.13. The molecule has 1 fully saturated rings. The Morgan fingerprint density at radius 2 is 1.72 bits per heavy atom. The summed E-state index contributed by atoms with van der Waals surface area (Å²) in [5.74, 6) is 0. The van der Waals surface area contributed by atoms with Gasteiger partial charge in [0.05, 0.1) is 0 Å². The Bertz CT molecular complexity index is 396. The van der Waals surface area contributed by atoms with Crippen LogP contribution < -0.4 is 5.32 Å². The number of hydrogen-bond donors (Lipinski definition) is 1. The summed E-state index contributed by atoms with van der Waals surface area (Å²) in [5, 5.41) is 3.45. The molecule has 1 aromatic carbocycles. The van der Waals surface area contributed by atoms with Crippen LogP contribution in [0.3, 0.4) is 0 Å². The van der Waals surface area contributed by atoms with E-state index in [4.69, 9.17) is 0 Å². The average Bonchev–Trinajstić information content (AvgIpc) is 2.57. The second-order valence-corrected chi connectivity index (χ2v) is 6.28. The molecule has 1 nitrogen and oxygen atoms in total. The van der Waals surface area contributed by atoms with Crippen molar-refractivity contribution in [1.29, 1.82) is 0 Å². The lowest BCUT2D eigenvalue weighted by atomic mass is 9.86. The SMILES string of the molecule is CC(C)(C)c1ccc(/C=C2/CCCNCC2)cc1. The summed E-state index contributed by atoms with van der Waals surface area (Å²) in [7, 11) is 0. The zero-order valence-electron chi connectivity index (χ0n) is 11.9. The largest absolute Gasteiger partial charge is 0.316 e. The minimum absolute atomic E-state index is 0.248. The molecule has 0 atom stereocenters. The molecule has 0 saturated carbocycles. The first-order valence-electron chi connectivity index (χ1n) is 7.06. The highest BCUT2D eigenvalue weighted by molar-refractivity contribution is 5.53. The lowest BCUT2D eigenvalue weighted by Gasteiger charge is -2.18. The summed E-state index contributed by atoms with van der Waals surface area (Å²) >= 11 is 0. The van der Waals surface area contributed by atoms with Gasteiger partial charge < -0.3 is 5.32 Å². The second kappa shape index (κ2) is 5.71. The summed E-state index contributed by atoms with van der Waals surface area (Å²) < 4.78 is 0. The average molecular weight is 243 g/mol. The van der Waals surface area contributed by atoms with Crippen LogP contribution in [-0.2, 0) is 5.41 Å². The molecule has 18 heavy (non-hydrogen) atoms. The maximum atomic E-state index is 3.45. The van der Waals surface area contributed by atoms with Gasteiger partial charge in [-0.25, -0.2) is 0 Å². The van der Waals surface area contributed by atoms with Crippen molar-refractivity contribution in [2.75, 3.05) is 13.1 Å². The van der Waals surface area contributed by atoms with Crippen molar-refractivity contribution < 1.29 is 0 Å². The first-order valence-corrected chi connectivity index (χ1v) is 7.06. The van der Waals surface area contributed by atoms with Crippen molar-refractivity contribution in [2.45, 2.75) is 45.4 Å². The molecule has 1 aromatic rings. The first kappa shape index (κ1) is 13.4. The molecule has 1 N–H and O–H groups in total. The van der Waals surface area contributed by atoms with Crippen molar-refractivity contribution in [3.05, 3.63) is 41.0 Å². The number of hydrogen-bond acceptors (Lipinski definition) is 1. The maximum absolute atomic E-state index is 3.45. The van der Waals surface area contributed by atoms with E-state index >= 15 is 0 Å². The van der Waals surface area contributed by atoms with Crippen LogP contribution in [0.5, 0.6) is 0 Å². The van der Waals surface area contributed by atoms with Gasteiger partial charge in [-0.2, -0.15) is 0 Å². The smallest absolute Gasteiger partial charge is 0.00115 e. The van der Waals surface area contributed by atoms with Gasteiger partial charge >= 0.3 is 0 Å². The quantitative estimate of drug-likeness (QED) is 0.781. The molecule has 0 aromatic heterocycles. The second-order valence-electron chi connectivity index (χ2n) is 6.28. The Hall–Kier alpha value is -1.08. The van der Waals surface area contributed by atoms with E-state index < -0.39 is 0 Å². The molecule has 1 heteroatoms. The standard InChI is InChI=1S/C17H25N/c1-17(2,3)16-8-6-15(7-9-16)13-14-5-4-11-18-12-10-14/h6-9,13,18H,4-5,10-12H2,1-3H3/b14-13-. The van der Waals surface area contributed by atoms with Crippen molar-refractivity contribution in [3.63, 3.8) is 0 Å². The van der Waals surface area contributed by atoms with E-state index in [0.717, 1.165) is 6.54 Å². The molecule has 2 rings (SSSR count). The molecular formula is C17H25N. The predicted molar refractivity (Wildman–Crippen MR) is 79.8 cm³/mol. The van der Waals surface area contributed by atoms with E-state index in [2.05, 4.69) is 56.4 Å². The summed E-state index contributed by atoms with van der Waals surface area (Å²) in [6.45, 7) is 9.08. The molecule has 1 aliphatic heterocycles. The molecule has 1 heterocycles. The molecule has 1 aliphatic rings. The van der Waals surface area contributed by atoms with Crippen LogP contribution in [0.1, 0.15) is 51.2 Å². The van der Waals surface area contributed by atoms with Gasteiger partial charge in [0.2, 0.25) is 0 Å². The fraction of sp³-hybridized carbons (Fsp3) is 0.529. The van der Waals surface area contributed by atoms with Crippen molar-refractivity contribution in [1.82, 2.24) is 5.32 Å². The van der Waals surface area contributed by atoms with Gasteiger partial charge in [0.15, 0.2) is 0 Å². The van der Waals surface area contributed by atoms with Crippen LogP contribution >= 0.6 is 0 Å². The topological polar surface area (TPSA) is 12.0 Å². The molecule has 1 saturated heterocycles. The molecule has 0 bridgehead atoms. The fourth-order valence-electron chi connectivity index (χ4n) is 2.40. The van der Waals surface area contributed by atoms with Crippen LogP contribution in [0.15, 0.2) is 29.8 Å². The highest BCUT2D eigenvalue weighted by atomic mass is 14.8. The Morgan fingerprint density at radius 1 is 1.00 bits per heavy atom. The van der Waals surface area contributed by atoms with Crippen LogP contribution in [0.4, 0.5) is 0 Å². The minimum Gasteiger partial charge on any atom is -0.316 e. The Kier molecular flexibility index (Phi) is 4.23. The lowest BCUT2D eigenvalue weighted by molar-refractivity contribution is 0.590. The van der Waals surface area contributed by atoms with Crippen LogP contribution in [-0.4, -0.2) is 13.1 Å². The first-order chi connectivity index (χ1) is 8.55. The van der Waals surface area contributed by atoms with Gasteiger partial charge in [0, 0.05) is 0 Å². The Labute approximate surface area is 111 Å². The third-order valence-electron chi connectivity index (χ3n) is 3.62. The summed E-state index contributed by atoms with van der Waals surface area (Å²) in [6, 6.07) is 9.04. The summed E-state index contributed by atoms with van der Waals surface area (Å²) in [5.41, 5.74) is 4.59. The summed E-state index contributed by atoms with van der Waals surface area (Å²) in [6.07, 6.45) is 6.08. The Morgan fingerprint density at radius 3 is 2.39 bits per heavy atom. The van der Waals surface area contributed by atoms with E-state index in [0.29, 0.717) is 0 Å². The molecule has 0 radical (unpaired) electrons. The monoisotopic (exact) mass is 243 g/mol. The maximum Gasteiger partial charge on any atom is -0.00115 e. The third kappa shape index (κ3) is 3.71. The van der Waals surface area contributed by atoms with Gasteiger partial charge in [-0.05, 0) is 48.9 Å². The highest BCUT2D eigenvalue weighted by Crippen LogP contribution is 2.23. The van der Waals surface area contributed by atoms with Crippen LogP contribution in [0, 0.1) is 0 Å². The molecule has 98 valence electrons. The molecule has 0 spiro atoms. The van der Waals surface area contributed by atoms with E-state index in [-0.39, 0.29) is 5.41 Å². The normalized spacial score (nSPS) is 19.8. The van der Waals surface area contributed by atoms with Crippen molar-refractivity contribution in [2.24, 2.45) is 0 Å². The number of benzene rings is 1. The van der Waals surface area contributed by atoms with Gasteiger partial charge in [-0.15, -0.1) is 0 Å². The minimum atomic E-state index is 0.248. The van der Waals surface area contributed by atoms with Crippen molar-refractivity contribution >= 4 is 6.08 Å². The zero-order chi connectivity index (χ0) is 13.0. The third-order valence-corrected chi connectivity index (χ3v) is 3.62. The number of rotatable bonds is 1. The van der Waals surface area contributed by atoms with Crippen LogP contribution in [0.2, 0.25) is 0 Å². The van der Waals surface area contributed by atoms with Gasteiger partial charge in [-0.3, -0.25) is 0 Å². The predicted octanol–water partition coefficient (Wildman–Crippen LogP) is 4.14. The highest BCUT2D eigenvalue weighted by Gasteiger charge is 2.12. The van der Waals surface area contributed by atoms with Crippen LogP contribution in [0.25, 0.3) is 6.08 Å². The summed E-state index contributed by atoms with van der Waals surface area (Å²) in [4.78, 5) is 0. The molecule has 0 aliphatic carbocycles. The van der Waals surface area contributed by atoms with E-state index in [1.807, 2.05) is 0 Å². The van der Waals surface area contributed by atoms with Gasteiger partial charge in [-0.1, -0.05) is 56.7 Å². The molecule has 0 unspecified atom stereocenters. The fourth-order valence-corrected chi connectivity index (χ4v) is 2.40. The molecular weight excluding hydrogens is 218 g/mol. The van der Waals surface area contributed by atoms with E-state index in [1.165, 1.54) is 36.9 Å². The van der Waals surface area contributed by atoms with Gasteiger partial charge in [0.25, 0.3) is 0 Å². The van der Waals surface area contributed by atoms with E-state index in [9.17, 15) is 0 Å².